The highest BCUT2D eigenvalue weighted by atomic mass is 15.3. The van der Waals surface area contributed by atoms with E-state index in [-0.39, 0.29) is 0 Å². The highest BCUT2D eigenvalue weighted by molar-refractivity contribution is 5.87. The van der Waals surface area contributed by atoms with Gasteiger partial charge >= 0.3 is 0 Å². The molecule has 5 heterocycles. The van der Waals surface area contributed by atoms with Crippen LogP contribution in [0.25, 0.3) is 27.8 Å². The molecule has 0 amide bonds. The third kappa shape index (κ3) is 6.10. The first-order valence-electron chi connectivity index (χ1n) is 14.4. The van der Waals surface area contributed by atoms with Crippen molar-refractivity contribution < 1.29 is 0 Å². The highest BCUT2D eigenvalue weighted by Crippen LogP contribution is 2.32. The van der Waals surface area contributed by atoms with Crippen LogP contribution in [0.3, 0.4) is 0 Å². The van der Waals surface area contributed by atoms with Crippen molar-refractivity contribution in [2.75, 3.05) is 62.2 Å². The molecule has 0 aliphatic carbocycles. The first kappa shape index (κ1) is 27.4. The van der Waals surface area contributed by atoms with Crippen LogP contribution in [-0.2, 0) is 6.54 Å². The quantitative estimate of drug-likeness (QED) is 0.328. The van der Waals surface area contributed by atoms with E-state index < -0.39 is 0 Å². The number of allylic oxidation sites excluding steroid dienone is 1. The van der Waals surface area contributed by atoms with Crippen molar-refractivity contribution in [2.24, 2.45) is 5.73 Å². The van der Waals surface area contributed by atoms with Crippen LogP contribution >= 0.6 is 0 Å². The molecular weight excluding hydrogens is 522 g/mol. The fraction of sp³-hybridized carbons (Fsp3) is 0.273. The smallest absolute Gasteiger partial charge is 0.128 e. The molecule has 9 heteroatoms. The van der Waals surface area contributed by atoms with Crippen molar-refractivity contribution in [1.29, 1.82) is 5.26 Å². The highest BCUT2D eigenvalue weighted by Gasteiger charge is 2.20. The fourth-order valence-corrected chi connectivity index (χ4v) is 5.60. The lowest BCUT2D eigenvalue weighted by atomic mass is 9.97. The summed E-state index contributed by atoms with van der Waals surface area (Å²) in [5.74, 6) is 0.945. The summed E-state index contributed by atoms with van der Waals surface area (Å²) in [5.41, 5.74) is 12.8. The number of pyridine rings is 3. The molecule has 2 saturated heterocycles. The summed E-state index contributed by atoms with van der Waals surface area (Å²) in [6.07, 6.45) is 6.85. The average Bonchev–Trinajstić information content (AvgIpc) is 3.07. The van der Waals surface area contributed by atoms with Crippen molar-refractivity contribution in [2.45, 2.75) is 6.54 Å². The molecule has 0 unspecified atom stereocenters. The predicted octanol–water partition coefficient (Wildman–Crippen LogP) is 3.76. The minimum Gasteiger partial charge on any atom is -0.403 e. The van der Waals surface area contributed by atoms with Gasteiger partial charge in [0.05, 0.1) is 17.0 Å². The maximum Gasteiger partial charge on any atom is 0.128 e. The van der Waals surface area contributed by atoms with E-state index >= 15 is 0 Å². The Labute approximate surface area is 247 Å². The fourth-order valence-electron chi connectivity index (χ4n) is 5.60. The van der Waals surface area contributed by atoms with Crippen molar-refractivity contribution in [1.82, 2.24) is 25.2 Å². The van der Waals surface area contributed by atoms with Gasteiger partial charge in [0.15, 0.2) is 0 Å². The van der Waals surface area contributed by atoms with Gasteiger partial charge < -0.3 is 20.9 Å². The Morgan fingerprint density at radius 1 is 0.833 bits per heavy atom. The molecule has 3 aromatic heterocycles. The second-order valence-corrected chi connectivity index (χ2v) is 10.6. The Hall–Kier alpha value is -4.78. The van der Waals surface area contributed by atoms with Crippen molar-refractivity contribution in [3.05, 3.63) is 96.8 Å². The zero-order valence-electron chi connectivity index (χ0n) is 23.7. The zero-order valence-corrected chi connectivity index (χ0v) is 23.7. The number of nitrogens with one attached hydrogen (secondary N) is 1. The van der Waals surface area contributed by atoms with E-state index in [0.29, 0.717) is 11.3 Å². The van der Waals surface area contributed by atoms with Crippen LogP contribution in [0.15, 0.2) is 85.5 Å². The number of nitrogens with zero attached hydrogens (tertiary/aromatic N) is 7. The van der Waals surface area contributed by atoms with Crippen LogP contribution in [0.4, 0.5) is 11.5 Å². The molecule has 3 N–H and O–H groups in total. The second kappa shape index (κ2) is 12.8. The normalized spacial score (nSPS) is 16.3. The number of hydrogen-bond acceptors (Lipinski definition) is 9. The van der Waals surface area contributed by atoms with Gasteiger partial charge in [0.2, 0.25) is 0 Å². The molecule has 0 bridgehead atoms. The van der Waals surface area contributed by atoms with Gasteiger partial charge in [-0.1, -0.05) is 18.2 Å². The van der Waals surface area contributed by atoms with Crippen molar-refractivity contribution in [3.63, 3.8) is 0 Å². The summed E-state index contributed by atoms with van der Waals surface area (Å²) in [6.45, 7) is 8.59. The topological polar surface area (TPSA) is 110 Å². The molecule has 212 valence electrons. The van der Waals surface area contributed by atoms with Gasteiger partial charge in [-0.15, -0.1) is 0 Å². The Kier molecular flexibility index (Phi) is 8.36. The molecule has 0 atom stereocenters. The lowest BCUT2D eigenvalue weighted by molar-refractivity contribution is 0.246. The van der Waals surface area contributed by atoms with E-state index in [2.05, 4.69) is 79.6 Å². The SMILES string of the molecule is N#C/C(=C/N)c1ncc(-c2ccc(N3CCNCC3)cc2)cc1-c1ccc(N2CCN(Cc3ccccn3)CC2)nc1. The number of aromatic nitrogens is 3. The Bertz CT molecular complexity index is 1550. The van der Waals surface area contributed by atoms with E-state index in [4.69, 9.17) is 15.7 Å². The summed E-state index contributed by atoms with van der Waals surface area (Å²) >= 11 is 0. The number of anilines is 2. The molecule has 0 saturated carbocycles. The lowest BCUT2D eigenvalue weighted by Gasteiger charge is -2.35. The van der Waals surface area contributed by atoms with E-state index in [1.807, 2.05) is 30.7 Å². The zero-order chi connectivity index (χ0) is 28.7. The third-order valence-corrected chi connectivity index (χ3v) is 7.98. The van der Waals surface area contributed by atoms with E-state index in [1.165, 1.54) is 11.9 Å². The minimum atomic E-state index is 0.332. The van der Waals surface area contributed by atoms with Gasteiger partial charge in [-0.25, -0.2) is 4.98 Å². The van der Waals surface area contributed by atoms with Gasteiger partial charge in [-0.2, -0.15) is 5.26 Å². The maximum absolute atomic E-state index is 9.74. The molecule has 2 aliphatic heterocycles. The first-order valence-corrected chi connectivity index (χ1v) is 14.4. The van der Waals surface area contributed by atoms with E-state index in [1.54, 1.807) is 0 Å². The molecule has 2 aliphatic rings. The minimum absolute atomic E-state index is 0.332. The van der Waals surface area contributed by atoms with Crippen molar-refractivity contribution >= 4 is 17.1 Å². The van der Waals surface area contributed by atoms with Crippen molar-refractivity contribution in [3.8, 4) is 28.3 Å². The molecule has 42 heavy (non-hydrogen) atoms. The maximum atomic E-state index is 9.74. The van der Waals surface area contributed by atoms with Crippen LogP contribution in [0, 0.1) is 11.3 Å². The lowest BCUT2D eigenvalue weighted by Crippen LogP contribution is -2.46. The third-order valence-electron chi connectivity index (χ3n) is 7.98. The molecule has 2 fully saturated rings. The predicted molar refractivity (Wildman–Crippen MR) is 167 cm³/mol. The Morgan fingerprint density at radius 3 is 2.26 bits per heavy atom. The molecule has 1 aromatic carbocycles. The van der Waals surface area contributed by atoms with Gasteiger partial charge in [0.1, 0.15) is 11.9 Å². The van der Waals surface area contributed by atoms with Crippen LogP contribution in [-0.4, -0.2) is 72.2 Å². The molecule has 0 spiro atoms. The number of nitrogens with two attached hydrogens (primary N) is 1. The number of hydrogen-bond donors (Lipinski definition) is 2. The summed E-state index contributed by atoms with van der Waals surface area (Å²) < 4.78 is 0. The summed E-state index contributed by atoms with van der Waals surface area (Å²) in [6, 6.07) is 23.1. The molecular formula is C33H35N9. The van der Waals surface area contributed by atoms with E-state index in [9.17, 15) is 5.26 Å². The largest absolute Gasteiger partial charge is 0.403 e. The Morgan fingerprint density at radius 2 is 1.60 bits per heavy atom. The first-order chi connectivity index (χ1) is 20.7. The monoisotopic (exact) mass is 557 g/mol. The molecule has 4 aromatic rings. The second-order valence-electron chi connectivity index (χ2n) is 10.6. The standard InChI is InChI=1S/C33H35N9/c34-20-28(21-35)33-31(19-27(23-39-33)25-4-7-30(8-5-25)41-13-11-36-12-14-41)26-6-9-32(38-22-26)42-17-15-40(16-18-42)24-29-3-1-2-10-37-29/h1-10,19-20,22-23,36H,11-18,24,34H2/b28-20-. The van der Waals surface area contributed by atoms with E-state index in [0.717, 1.165) is 92.7 Å². The van der Waals surface area contributed by atoms with Gasteiger partial charge in [-0.3, -0.25) is 14.9 Å². The summed E-state index contributed by atoms with van der Waals surface area (Å²) in [4.78, 5) is 21.1. The Balaban J connectivity index is 1.21. The summed E-state index contributed by atoms with van der Waals surface area (Å²) in [5, 5.41) is 13.1. The summed E-state index contributed by atoms with van der Waals surface area (Å²) in [7, 11) is 0. The number of nitriles is 1. The molecule has 9 nitrogen and oxygen atoms in total. The number of rotatable bonds is 7. The number of piperazine rings is 2. The molecule has 6 rings (SSSR count). The van der Waals surface area contributed by atoms with Crippen LogP contribution in [0.5, 0.6) is 0 Å². The van der Waals surface area contributed by atoms with Gasteiger partial charge in [-0.05, 0) is 48.0 Å². The van der Waals surface area contributed by atoms with Crippen LogP contribution < -0.4 is 20.9 Å². The van der Waals surface area contributed by atoms with Crippen LogP contribution in [0.1, 0.15) is 11.4 Å². The number of benzene rings is 1. The average molecular weight is 558 g/mol. The van der Waals surface area contributed by atoms with Crippen LogP contribution in [0.2, 0.25) is 0 Å². The van der Waals surface area contributed by atoms with Gasteiger partial charge in [0, 0.05) is 106 Å². The van der Waals surface area contributed by atoms with Gasteiger partial charge in [0.25, 0.3) is 0 Å². The molecule has 0 radical (unpaired) electrons.